The smallest absolute Gasteiger partial charge is 0.417 e. The van der Waals surface area contributed by atoms with Crippen LogP contribution in [-0.4, -0.2) is 50.7 Å². The number of rotatable bonds is 8. The molecule has 0 aromatic heterocycles. The molecule has 1 aromatic rings. The molecule has 25 heavy (non-hydrogen) atoms. The van der Waals surface area contributed by atoms with Gasteiger partial charge in [0.05, 0.1) is 17.2 Å². The third-order valence-corrected chi connectivity index (χ3v) is 4.21. The van der Waals surface area contributed by atoms with Gasteiger partial charge < -0.3 is 15.2 Å². The Hall–Kier alpha value is -1.86. The molecule has 0 saturated heterocycles. The van der Waals surface area contributed by atoms with Crippen molar-refractivity contribution in [3.8, 4) is 11.8 Å². The van der Waals surface area contributed by atoms with Crippen molar-refractivity contribution in [3.63, 3.8) is 0 Å². The maximum atomic E-state index is 13.0. The molecule has 0 heterocycles. The predicted molar refractivity (Wildman–Crippen MR) is 87.0 cm³/mol. The molecule has 1 aromatic carbocycles. The molecule has 0 radical (unpaired) electrons. The number of ether oxygens (including phenoxy) is 1. The molecular formula is C16H23F3N4O2. The number of benzene rings is 1. The highest BCUT2D eigenvalue weighted by Gasteiger charge is 2.39. The van der Waals surface area contributed by atoms with E-state index in [2.05, 4.69) is 16.0 Å². The van der Waals surface area contributed by atoms with Crippen LogP contribution >= 0.6 is 0 Å². The lowest BCUT2D eigenvalue weighted by molar-refractivity contribution is -0.137. The van der Waals surface area contributed by atoms with Gasteiger partial charge in [-0.3, -0.25) is 10.6 Å². The highest BCUT2D eigenvalue weighted by Crippen LogP contribution is 2.34. The molecule has 2 unspecified atom stereocenters. The van der Waals surface area contributed by atoms with Crippen molar-refractivity contribution in [2.75, 3.05) is 27.7 Å². The van der Waals surface area contributed by atoms with Gasteiger partial charge >= 0.3 is 6.18 Å². The third-order valence-electron chi connectivity index (χ3n) is 4.21. The van der Waals surface area contributed by atoms with Crippen molar-refractivity contribution in [2.45, 2.75) is 30.9 Å². The van der Waals surface area contributed by atoms with Gasteiger partial charge in [0.15, 0.2) is 0 Å². The fourth-order valence-corrected chi connectivity index (χ4v) is 2.38. The first-order valence-electron chi connectivity index (χ1n) is 7.62. The topological polar surface area (TPSA) is 89.3 Å². The van der Waals surface area contributed by atoms with Gasteiger partial charge in [0.1, 0.15) is 24.1 Å². The van der Waals surface area contributed by atoms with E-state index < -0.39 is 29.1 Å². The molecule has 0 aliphatic carbocycles. The lowest BCUT2D eigenvalue weighted by Crippen LogP contribution is -2.69. The summed E-state index contributed by atoms with van der Waals surface area (Å²) in [5.41, 5.74) is -2.62. The Kier molecular flexibility index (Phi) is 7.19. The van der Waals surface area contributed by atoms with Crippen molar-refractivity contribution < 1.29 is 23.0 Å². The summed E-state index contributed by atoms with van der Waals surface area (Å²) >= 11 is 0. The van der Waals surface area contributed by atoms with E-state index in [1.54, 1.807) is 28.1 Å². The van der Waals surface area contributed by atoms with E-state index in [1.807, 2.05) is 0 Å². The largest absolute Gasteiger partial charge is 0.490 e. The Morgan fingerprint density at radius 3 is 2.28 bits per heavy atom. The van der Waals surface area contributed by atoms with E-state index >= 15 is 0 Å². The number of alkyl halides is 3. The standard InChI is InChI=1S/C16H23F3N4O2/c1-10(21-2)14(24)15(22-3,23-4)9-25-12-6-5-11(8-20)13(7-12)16(17,18)19/h5-7,10,14,21-24H,9H2,1-4H3. The second-order valence-corrected chi connectivity index (χ2v) is 5.60. The number of nitrogens with zero attached hydrogens (tertiary/aromatic N) is 1. The van der Waals surface area contributed by atoms with Crippen LogP contribution < -0.4 is 20.7 Å². The zero-order valence-corrected chi connectivity index (χ0v) is 14.5. The van der Waals surface area contributed by atoms with Crippen molar-refractivity contribution >= 4 is 0 Å². The minimum atomic E-state index is -4.66. The first-order valence-corrected chi connectivity index (χ1v) is 7.62. The minimum absolute atomic E-state index is 0.0505. The summed E-state index contributed by atoms with van der Waals surface area (Å²) in [6, 6.07) is 4.34. The zero-order valence-electron chi connectivity index (χ0n) is 14.5. The normalized spacial score (nSPS) is 14.7. The zero-order chi connectivity index (χ0) is 19.3. The molecule has 0 amide bonds. The Labute approximate surface area is 145 Å². The van der Waals surface area contributed by atoms with Gasteiger partial charge in [-0.2, -0.15) is 18.4 Å². The molecule has 0 bridgehead atoms. The summed E-state index contributed by atoms with van der Waals surface area (Å²) in [7, 11) is 4.89. The van der Waals surface area contributed by atoms with Crippen LogP contribution in [0, 0.1) is 11.3 Å². The molecule has 4 N–H and O–H groups in total. The fourth-order valence-electron chi connectivity index (χ4n) is 2.38. The van der Waals surface area contributed by atoms with Gasteiger partial charge in [-0.15, -0.1) is 0 Å². The van der Waals surface area contributed by atoms with Crippen LogP contribution in [0.3, 0.4) is 0 Å². The second kappa shape index (κ2) is 8.49. The summed E-state index contributed by atoms with van der Waals surface area (Å²) in [6.45, 7) is 1.62. The third kappa shape index (κ3) is 4.83. The van der Waals surface area contributed by atoms with E-state index in [4.69, 9.17) is 10.00 Å². The van der Waals surface area contributed by atoms with Crippen LogP contribution in [0.2, 0.25) is 0 Å². The molecule has 0 saturated carbocycles. The average molecular weight is 360 g/mol. The SMILES string of the molecule is CNC(C)C(O)C(COc1ccc(C#N)c(C(F)(F)F)c1)(NC)NC. The lowest BCUT2D eigenvalue weighted by atomic mass is 9.98. The summed E-state index contributed by atoms with van der Waals surface area (Å²) in [6.07, 6.45) is -5.60. The minimum Gasteiger partial charge on any atom is -0.490 e. The Morgan fingerprint density at radius 2 is 1.84 bits per heavy atom. The van der Waals surface area contributed by atoms with Crippen LogP contribution in [-0.2, 0) is 6.18 Å². The van der Waals surface area contributed by atoms with Gasteiger partial charge in [0.25, 0.3) is 0 Å². The number of nitriles is 1. The van der Waals surface area contributed by atoms with Crippen LogP contribution in [0.5, 0.6) is 5.75 Å². The maximum Gasteiger partial charge on any atom is 0.417 e. The molecule has 0 spiro atoms. The maximum absolute atomic E-state index is 13.0. The molecule has 0 aliphatic heterocycles. The van der Waals surface area contributed by atoms with E-state index in [0.717, 1.165) is 12.1 Å². The number of likely N-dealkylation sites (N-methyl/N-ethyl adjacent to an activating group) is 3. The van der Waals surface area contributed by atoms with Gasteiger partial charge in [-0.1, -0.05) is 0 Å². The van der Waals surface area contributed by atoms with Crippen LogP contribution in [0.15, 0.2) is 18.2 Å². The summed E-state index contributed by atoms with van der Waals surface area (Å²) < 4.78 is 44.5. The van der Waals surface area contributed by atoms with Crippen molar-refractivity contribution in [1.82, 2.24) is 16.0 Å². The van der Waals surface area contributed by atoms with E-state index in [-0.39, 0.29) is 18.4 Å². The number of hydrogen-bond donors (Lipinski definition) is 4. The summed E-state index contributed by atoms with van der Waals surface area (Å²) in [4.78, 5) is 0. The molecular weight excluding hydrogens is 337 g/mol. The van der Waals surface area contributed by atoms with Crippen molar-refractivity contribution in [2.24, 2.45) is 0 Å². The van der Waals surface area contributed by atoms with Gasteiger partial charge in [0.2, 0.25) is 0 Å². The van der Waals surface area contributed by atoms with Gasteiger partial charge in [-0.05, 0) is 46.3 Å². The Morgan fingerprint density at radius 1 is 1.24 bits per heavy atom. The lowest BCUT2D eigenvalue weighted by Gasteiger charge is -2.40. The average Bonchev–Trinajstić information content (AvgIpc) is 2.61. The Balaban J connectivity index is 3.07. The van der Waals surface area contributed by atoms with E-state index in [0.29, 0.717) is 0 Å². The van der Waals surface area contributed by atoms with Gasteiger partial charge in [-0.25, -0.2) is 0 Å². The second-order valence-electron chi connectivity index (χ2n) is 5.60. The molecule has 6 nitrogen and oxygen atoms in total. The highest BCUT2D eigenvalue weighted by molar-refractivity contribution is 5.44. The van der Waals surface area contributed by atoms with E-state index in [1.165, 1.54) is 12.1 Å². The monoisotopic (exact) mass is 360 g/mol. The molecule has 1 rings (SSSR count). The molecule has 0 aliphatic rings. The van der Waals surface area contributed by atoms with Crippen molar-refractivity contribution in [3.05, 3.63) is 29.3 Å². The van der Waals surface area contributed by atoms with Gasteiger partial charge in [0, 0.05) is 6.04 Å². The molecule has 9 heteroatoms. The predicted octanol–water partition coefficient (Wildman–Crippen LogP) is 1.06. The fraction of sp³-hybridized carbons (Fsp3) is 0.562. The number of aliphatic hydroxyl groups is 1. The van der Waals surface area contributed by atoms with Crippen LogP contribution in [0.4, 0.5) is 13.2 Å². The molecule has 140 valence electrons. The Bertz CT molecular complexity index is 612. The van der Waals surface area contributed by atoms with Crippen molar-refractivity contribution in [1.29, 1.82) is 5.26 Å². The van der Waals surface area contributed by atoms with Crippen LogP contribution in [0.1, 0.15) is 18.1 Å². The van der Waals surface area contributed by atoms with E-state index in [9.17, 15) is 18.3 Å². The number of halogens is 3. The number of aliphatic hydroxyl groups excluding tert-OH is 1. The molecule has 2 atom stereocenters. The number of nitrogens with one attached hydrogen (secondary N) is 3. The first kappa shape index (κ1) is 21.2. The molecule has 0 fully saturated rings. The highest BCUT2D eigenvalue weighted by atomic mass is 19.4. The first-order chi connectivity index (χ1) is 11.6. The number of hydrogen-bond acceptors (Lipinski definition) is 6. The van der Waals surface area contributed by atoms with Crippen LogP contribution in [0.25, 0.3) is 0 Å². The quantitative estimate of drug-likeness (QED) is 0.519. The summed E-state index contributed by atoms with van der Waals surface area (Å²) in [5, 5.41) is 28.0. The summed E-state index contributed by atoms with van der Waals surface area (Å²) in [5.74, 6) is -0.0505.